The molecule has 0 unspecified atom stereocenters. The number of benzene rings is 4. The first-order valence-corrected chi connectivity index (χ1v) is 13.6. The number of rotatable bonds is 8. The van der Waals surface area contributed by atoms with Crippen LogP contribution in [0.25, 0.3) is 21.8 Å². The van der Waals surface area contributed by atoms with Crippen LogP contribution < -0.4 is 10.6 Å². The molecule has 0 amide bonds. The molecule has 1 aromatic heterocycles. The smallest absolute Gasteiger partial charge is 0.343 e. The van der Waals surface area contributed by atoms with Crippen LogP contribution in [0, 0.1) is 0 Å². The van der Waals surface area contributed by atoms with E-state index in [1.54, 1.807) is 48.5 Å². The molecule has 0 atom stereocenters. The summed E-state index contributed by atoms with van der Waals surface area (Å²) in [7, 11) is -4.22. The van der Waals surface area contributed by atoms with Crippen molar-refractivity contribution in [2.45, 2.75) is 25.3 Å². The van der Waals surface area contributed by atoms with Crippen molar-refractivity contribution < 1.29 is 13.2 Å². The van der Waals surface area contributed by atoms with E-state index in [1.807, 2.05) is 36.4 Å². The molecule has 37 heavy (non-hydrogen) atoms. The molecular formula is C29H27N3O4S. The van der Waals surface area contributed by atoms with E-state index >= 15 is 0 Å². The molecule has 4 aromatic carbocycles. The first-order chi connectivity index (χ1) is 17.8. The number of hydrogen-bond acceptors (Lipinski definition) is 5. The maximum Gasteiger partial charge on any atom is 0.343 e. The number of nitrogens with zero attached hydrogens (tertiary/aromatic N) is 3. The van der Waals surface area contributed by atoms with Crippen LogP contribution in [0.15, 0.2) is 101 Å². The molecule has 0 saturated heterocycles. The molecule has 1 heterocycles. The summed E-state index contributed by atoms with van der Waals surface area (Å²) in [6.07, 6.45) is 0. The van der Waals surface area contributed by atoms with Crippen LogP contribution in [-0.4, -0.2) is 35.8 Å². The van der Waals surface area contributed by atoms with Gasteiger partial charge < -0.3 is 4.90 Å². The summed E-state index contributed by atoms with van der Waals surface area (Å²) in [6.45, 7) is 5.56. The van der Waals surface area contributed by atoms with Gasteiger partial charge in [0, 0.05) is 24.3 Å². The van der Waals surface area contributed by atoms with Crippen LogP contribution in [0.2, 0.25) is 0 Å². The zero-order chi connectivity index (χ0) is 26.2. The maximum absolute atomic E-state index is 13.7. The molecule has 0 aliphatic heterocycles. The Labute approximate surface area is 215 Å². The predicted octanol–water partition coefficient (Wildman–Crippen LogP) is 4.92. The highest BCUT2D eigenvalue weighted by Crippen LogP contribution is 2.24. The molecule has 0 aliphatic rings. The summed E-state index contributed by atoms with van der Waals surface area (Å²) in [6, 6.07) is 26.1. The van der Waals surface area contributed by atoms with E-state index in [0.29, 0.717) is 11.1 Å². The van der Waals surface area contributed by atoms with E-state index < -0.39 is 15.7 Å². The summed E-state index contributed by atoms with van der Waals surface area (Å²) in [5.74, 6) is -0.279. The number of fused-ring (bicyclic) bond motifs is 2. The molecule has 0 N–H and O–H groups in total. The zero-order valence-electron chi connectivity index (χ0n) is 20.7. The number of para-hydroxylation sites is 2. The molecule has 8 heteroatoms. The van der Waals surface area contributed by atoms with Gasteiger partial charge in [0.05, 0.1) is 22.5 Å². The second-order valence-corrected chi connectivity index (χ2v) is 10.6. The van der Waals surface area contributed by atoms with Gasteiger partial charge in [-0.15, -0.1) is 0 Å². The fraction of sp³-hybridized carbons (Fsp3) is 0.172. The Morgan fingerprint density at radius 3 is 2.08 bits per heavy atom. The second-order valence-electron chi connectivity index (χ2n) is 8.78. The Hall–Kier alpha value is -4.17. The van der Waals surface area contributed by atoms with Gasteiger partial charge >= 0.3 is 5.69 Å². The molecule has 188 valence electrons. The van der Waals surface area contributed by atoms with Crippen LogP contribution in [-0.2, 0) is 16.6 Å². The minimum Gasteiger partial charge on any atom is -0.372 e. The van der Waals surface area contributed by atoms with Crippen molar-refractivity contribution in [2.24, 2.45) is 0 Å². The second kappa shape index (κ2) is 9.71. The van der Waals surface area contributed by atoms with E-state index in [9.17, 15) is 18.0 Å². The van der Waals surface area contributed by atoms with Gasteiger partial charge in [-0.1, -0.05) is 42.5 Å². The average molecular weight is 514 g/mol. The summed E-state index contributed by atoms with van der Waals surface area (Å²) >= 11 is 0. The van der Waals surface area contributed by atoms with Crippen LogP contribution in [0.1, 0.15) is 24.2 Å². The third-order valence-electron chi connectivity index (χ3n) is 6.67. The van der Waals surface area contributed by atoms with Gasteiger partial charge in [0.1, 0.15) is 0 Å². The van der Waals surface area contributed by atoms with Crippen molar-refractivity contribution in [3.63, 3.8) is 0 Å². The largest absolute Gasteiger partial charge is 0.372 e. The third-order valence-corrected chi connectivity index (χ3v) is 8.36. The fourth-order valence-corrected chi connectivity index (χ4v) is 6.12. The molecule has 7 nitrogen and oxygen atoms in total. The molecular weight excluding hydrogens is 486 g/mol. The van der Waals surface area contributed by atoms with Crippen molar-refractivity contribution in [2.75, 3.05) is 18.0 Å². The van der Waals surface area contributed by atoms with Gasteiger partial charge in [-0.25, -0.2) is 13.2 Å². The summed E-state index contributed by atoms with van der Waals surface area (Å²) in [5, 5.41) is 1.65. The topological polar surface area (TPSA) is 81.4 Å². The lowest BCUT2D eigenvalue weighted by Crippen LogP contribution is -2.31. The number of hydrogen-bond donors (Lipinski definition) is 0. The minimum atomic E-state index is -4.22. The number of aromatic nitrogens is 2. The number of anilines is 1. The Balaban J connectivity index is 1.56. The molecule has 0 radical (unpaired) electrons. The van der Waals surface area contributed by atoms with Crippen molar-refractivity contribution in [3.8, 4) is 0 Å². The number of imidazole rings is 1. The third kappa shape index (κ3) is 4.34. The average Bonchev–Trinajstić information content (AvgIpc) is 3.21. The van der Waals surface area contributed by atoms with E-state index in [1.165, 1.54) is 10.6 Å². The van der Waals surface area contributed by atoms with Gasteiger partial charge in [0.25, 0.3) is 10.0 Å². The highest BCUT2D eigenvalue weighted by molar-refractivity contribution is 7.90. The summed E-state index contributed by atoms with van der Waals surface area (Å²) in [5.41, 5.74) is 1.30. The van der Waals surface area contributed by atoms with Gasteiger partial charge in [-0.2, -0.15) is 3.97 Å². The Kier molecular flexibility index (Phi) is 6.43. The highest BCUT2D eigenvalue weighted by Gasteiger charge is 2.26. The van der Waals surface area contributed by atoms with E-state index in [-0.39, 0.29) is 22.7 Å². The molecule has 0 bridgehead atoms. The fourth-order valence-electron chi connectivity index (χ4n) is 4.68. The minimum absolute atomic E-state index is 0.00882. The molecule has 5 rings (SSSR count). The van der Waals surface area contributed by atoms with Crippen molar-refractivity contribution in [1.82, 2.24) is 8.54 Å². The van der Waals surface area contributed by atoms with E-state index in [0.717, 1.165) is 33.5 Å². The van der Waals surface area contributed by atoms with Crippen molar-refractivity contribution >= 4 is 43.3 Å². The number of Topliss-reactive ketones (excluding diaryl/α,β-unsaturated/α-hetero) is 1. The van der Waals surface area contributed by atoms with Crippen LogP contribution in [0.4, 0.5) is 5.69 Å². The lowest BCUT2D eigenvalue weighted by Gasteiger charge is -2.21. The molecule has 0 spiro atoms. The number of carbonyl (C=O) groups excluding carboxylic acids is 1. The Morgan fingerprint density at radius 2 is 1.41 bits per heavy atom. The lowest BCUT2D eigenvalue weighted by molar-refractivity contribution is 0.0972. The monoisotopic (exact) mass is 513 g/mol. The Bertz CT molecular complexity index is 1780. The van der Waals surface area contributed by atoms with Gasteiger partial charge in [-0.3, -0.25) is 9.36 Å². The first-order valence-electron chi connectivity index (χ1n) is 12.2. The van der Waals surface area contributed by atoms with Gasteiger partial charge in [-0.05, 0) is 73.2 Å². The van der Waals surface area contributed by atoms with Crippen LogP contribution >= 0.6 is 0 Å². The quantitative estimate of drug-likeness (QED) is 0.275. The maximum atomic E-state index is 13.7. The van der Waals surface area contributed by atoms with Gasteiger partial charge in [0.2, 0.25) is 0 Å². The van der Waals surface area contributed by atoms with E-state index in [4.69, 9.17) is 0 Å². The molecule has 0 aliphatic carbocycles. The molecule has 5 aromatic rings. The lowest BCUT2D eigenvalue weighted by atomic mass is 10.1. The SMILES string of the molecule is CCN(CC)c1ccc(C(=O)Cn2c(=O)n(S(=O)(=O)c3ccc4ccccc4c3)c3ccccc32)cc1. The number of ketones is 1. The standard InChI is InChI=1S/C29H27N3O4S/c1-3-30(4-2)24-16-13-22(14-17-24)28(33)20-31-26-11-7-8-12-27(26)32(29(31)34)37(35,36)25-18-15-21-9-5-6-10-23(21)19-25/h5-19H,3-4,20H2,1-2H3. The normalized spacial score (nSPS) is 11.7. The summed E-state index contributed by atoms with van der Waals surface area (Å²) in [4.78, 5) is 28.9. The van der Waals surface area contributed by atoms with E-state index in [2.05, 4.69) is 18.7 Å². The molecule has 0 saturated carbocycles. The van der Waals surface area contributed by atoms with Gasteiger partial charge in [0.15, 0.2) is 5.78 Å². The van der Waals surface area contributed by atoms with Crippen LogP contribution in [0.5, 0.6) is 0 Å². The zero-order valence-corrected chi connectivity index (χ0v) is 21.5. The number of carbonyl (C=O) groups is 1. The van der Waals surface area contributed by atoms with Crippen molar-refractivity contribution in [3.05, 3.63) is 107 Å². The summed E-state index contributed by atoms with van der Waals surface area (Å²) < 4.78 is 29.4. The van der Waals surface area contributed by atoms with Crippen molar-refractivity contribution in [1.29, 1.82) is 0 Å². The van der Waals surface area contributed by atoms with Crippen LogP contribution in [0.3, 0.4) is 0 Å². The first kappa shape index (κ1) is 24.5. The Morgan fingerprint density at radius 1 is 0.784 bits per heavy atom. The molecule has 0 fully saturated rings. The highest BCUT2D eigenvalue weighted by atomic mass is 32.2. The predicted molar refractivity (Wildman–Crippen MR) is 147 cm³/mol.